The summed E-state index contributed by atoms with van der Waals surface area (Å²) in [6.45, 7) is 30.9. The number of nitriles is 1. The standard InChI is InChI=1S/C24H22N6O2.3C24H25N5O2/c1-15-8-7-11-22(30-24(31)29(4)27-28-30)21(15)14-32-23-16(2)12-20(17(3)26-23)19-10-6-5-9-18(19)13-25;1-15-8-6-10-19(12-15)20-13-17(3)23(25-18(20)4)31-14-21-16(2)9-7-11-22(21)29-24(30)28(5)26-27-29;1-15-9-6-7-11-19(15)20-13-17(3)23(25-18(20)4)31-14-21-16(2)10-8-12-22(21)29-24(30)28(5)26-27-29;1-15-9-11-19(12-10-15)20-13-17(3)23(25-18(20)4)31-14-21-16(2)7-6-8-22(21)29-24(30)28(5)26-27-29/h5-12H,14H2,1-4H3;3*6-13H,14H2,1-5H3. The van der Waals surface area contributed by atoms with Gasteiger partial charge in [0.25, 0.3) is 0 Å². The molecule has 0 atom stereocenters. The van der Waals surface area contributed by atoms with Crippen LogP contribution in [-0.2, 0) is 54.6 Å². The third-order valence-electron chi connectivity index (χ3n) is 21.6. The molecule has 0 aliphatic rings. The zero-order valence-electron chi connectivity index (χ0n) is 73.5. The minimum Gasteiger partial charge on any atom is -0.473 e. The number of hydrogen-bond donors (Lipinski definition) is 0. The lowest BCUT2D eigenvalue weighted by atomic mass is 9.98. The van der Waals surface area contributed by atoms with Crippen molar-refractivity contribution in [2.24, 2.45) is 28.2 Å². The second-order valence-electron chi connectivity index (χ2n) is 30.8. The van der Waals surface area contributed by atoms with Gasteiger partial charge in [-0.25, -0.2) is 39.1 Å². The molecule has 0 spiro atoms. The van der Waals surface area contributed by atoms with Crippen LogP contribution in [0.3, 0.4) is 0 Å². The van der Waals surface area contributed by atoms with Gasteiger partial charge in [-0.15, -0.1) is 0 Å². The van der Waals surface area contributed by atoms with Crippen molar-refractivity contribution in [3.63, 3.8) is 0 Å². The highest BCUT2D eigenvalue weighted by molar-refractivity contribution is 5.74. The van der Waals surface area contributed by atoms with E-state index < -0.39 is 0 Å². The molecule has 0 aliphatic carbocycles. The molecule has 0 bridgehead atoms. The fourth-order valence-electron chi connectivity index (χ4n) is 14.4. The molecule has 16 rings (SSSR count). The van der Waals surface area contributed by atoms with E-state index in [0.29, 0.717) is 51.8 Å². The fraction of sp³-hybridized carbons (Fsp3) is 0.240. The second kappa shape index (κ2) is 38.1. The highest BCUT2D eigenvalue weighted by Crippen LogP contribution is 2.36. The summed E-state index contributed by atoms with van der Waals surface area (Å²) in [4.78, 5) is 68.2. The smallest absolute Gasteiger partial charge is 0.368 e. The van der Waals surface area contributed by atoms with Crippen LogP contribution in [0.2, 0.25) is 0 Å². The number of ether oxygens (including phenoxy) is 4. The van der Waals surface area contributed by atoms with Crippen LogP contribution in [-0.4, -0.2) is 99.1 Å². The van der Waals surface area contributed by atoms with Gasteiger partial charge in [-0.1, -0.05) is 151 Å². The molecule has 0 aliphatic heterocycles. The Morgan fingerprint density at radius 3 is 0.896 bits per heavy atom. The van der Waals surface area contributed by atoms with Crippen LogP contribution in [0.4, 0.5) is 0 Å². The van der Waals surface area contributed by atoms with Crippen LogP contribution < -0.4 is 41.7 Å². The normalized spacial score (nSPS) is 10.9. The predicted molar refractivity (Wildman–Crippen MR) is 478 cm³/mol. The zero-order chi connectivity index (χ0) is 89.2. The van der Waals surface area contributed by atoms with Crippen molar-refractivity contribution in [1.29, 1.82) is 5.26 Å². The van der Waals surface area contributed by atoms with Gasteiger partial charge < -0.3 is 18.9 Å². The summed E-state index contributed by atoms with van der Waals surface area (Å²) < 4.78 is 34.4. The highest BCUT2D eigenvalue weighted by Gasteiger charge is 2.23. The molecule has 0 radical (unpaired) electrons. The van der Waals surface area contributed by atoms with Gasteiger partial charge in [-0.2, -0.15) is 42.7 Å². The number of aryl methyl sites for hydroxylation is 19. The van der Waals surface area contributed by atoms with Crippen LogP contribution >= 0.6 is 0 Å². The molecule has 0 unspecified atom stereocenters. The molecule has 8 aromatic carbocycles. The van der Waals surface area contributed by atoms with Crippen LogP contribution in [0, 0.1) is 115 Å². The molecule has 0 saturated carbocycles. The number of tetrazole rings is 4. The van der Waals surface area contributed by atoms with Crippen LogP contribution in [0.1, 0.15) is 112 Å². The first kappa shape index (κ1) is 87.4. The lowest BCUT2D eigenvalue weighted by Gasteiger charge is -2.16. The Hall–Kier alpha value is -15.5. The number of benzene rings is 8. The zero-order valence-corrected chi connectivity index (χ0v) is 73.5. The maximum atomic E-state index is 12.4. The Kier molecular flexibility index (Phi) is 26.6. The summed E-state index contributed by atoms with van der Waals surface area (Å²) >= 11 is 0. The van der Waals surface area contributed by atoms with Crippen LogP contribution in [0.5, 0.6) is 23.5 Å². The lowest BCUT2D eigenvalue weighted by molar-refractivity contribution is 0.289. The summed E-state index contributed by atoms with van der Waals surface area (Å²) in [6, 6.07) is 65.9. The first-order valence-electron chi connectivity index (χ1n) is 40.4. The molecule has 8 aromatic heterocycles. The fourth-order valence-corrected chi connectivity index (χ4v) is 14.4. The Balaban J connectivity index is 0.000000143. The molecule has 0 amide bonds. The first-order chi connectivity index (χ1) is 60.0. The third-order valence-corrected chi connectivity index (χ3v) is 21.6. The molecule has 0 N–H and O–H groups in total. The Morgan fingerprint density at radius 2 is 0.568 bits per heavy atom. The van der Waals surface area contributed by atoms with Crippen molar-refractivity contribution in [2.45, 2.75) is 130 Å². The average molecular weight is 1670 g/mol. The molecule has 125 heavy (non-hydrogen) atoms. The Morgan fingerprint density at radius 1 is 0.272 bits per heavy atom. The van der Waals surface area contributed by atoms with Crippen molar-refractivity contribution >= 4 is 0 Å². The van der Waals surface area contributed by atoms with Gasteiger partial charge in [0.05, 0.1) is 34.4 Å². The van der Waals surface area contributed by atoms with Crippen molar-refractivity contribution in [2.75, 3.05) is 0 Å². The molecule has 8 heterocycles. The van der Waals surface area contributed by atoms with Gasteiger partial charge in [0.1, 0.15) is 26.4 Å². The maximum Gasteiger partial charge on any atom is 0.368 e. The molecule has 29 nitrogen and oxygen atoms in total. The van der Waals surface area contributed by atoms with E-state index in [1.54, 1.807) is 34.3 Å². The molecule has 0 fully saturated rings. The highest BCUT2D eigenvalue weighted by atomic mass is 16.5. The summed E-state index contributed by atoms with van der Waals surface area (Å²) in [5.41, 5.74) is 28.7. The van der Waals surface area contributed by atoms with Gasteiger partial charge in [0.15, 0.2) is 0 Å². The van der Waals surface area contributed by atoms with E-state index in [1.165, 1.54) is 59.7 Å². The van der Waals surface area contributed by atoms with E-state index in [4.69, 9.17) is 33.9 Å². The summed E-state index contributed by atoms with van der Waals surface area (Å²) in [6.07, 6.45) is 0. The monoisotopic (exact) mass is 1670 g/mol. The summed E-state index contributed by atoms with van der Waals surface area (Å²) in [7, 11) is 6.27. The minimum absolute atomic E-state index is 0.215. The number of nitrogens with zero attached hydrogens (tertiary/aromatic N) is 21. The van der Waals surface area contributed by atoms with E-state index in [9.17, 15) is 24.4 Å². The molecular weight excluding hydrogens is 1580 g/mol. The van der Waals surface area contributed by atoms with E-state index in [-0.39, 0.29) is 49.2 Å². The van der Waals surface area contributed by atoms with Gasteiger partial charge in [-0.3, -0.25) is 0 Å². The molecule has 634 valence electrons. The topological polar surface area (TPSA) is 323 Å². The van der Waals surface area contributed by atoms with Crippen molar-refractivity contribution in [3.05, 3.63) is 348 Å². The molecule has 16 aromatic rings. The van der Waals surface area contributed by atoms with E-state index in [0.717, 1.165) is 128 Å². The number of rotatable bonds is 20. The Labute approximate surface area is 722 Å². The number of hydrogen-bond acceptors (Lipinski definition) is 21. The van der Waals surface area contributed by atoms with E-state index >= 15 is 0 Å². The van der Waals surface area contributed by atoms with Gasteiger partial charge >= 0.3 is 22.8 Å². The van der Waals surface area contributed by atoms with Crippen LogP contribution in [0.25, 0.3) is 67.3 Å². The summed E-state index contributed by atoms with van der Waals surface area (Å²) in [5, 5.41) is 40.6. The van der Waals surface area contributed by atoms with E-state index in [2.05, 4.69) is 152 Å². The first-order valence-corrected chi connectivity index (χ1v) is 40.4. The molecule has 0 saturated heterocycles. The summed E-state index contributed by atoms with van der Waals surface area (Å²) in [5.74, 6) is 2.24. The average Bonchev–Trinajstić information content (AvgIpc) is 1.71. The third kappa shape index (κ3) is 19.3. The molecule has 29 heteroatoms. The SMILES string of the molecule is Cc1cc(-c2ccccc2C#N)c(C)nc1OCc1c(C)cccc1-n1nnn(C)c1=O.Cc1ccc(-c2cc(C)c(OCc3c(C)cccc3-n3nnn(C)c3=O)nc2C)cc1.Cc1cccc(-c2cc(C)c(OCc3c(C)cccc3-n3nnn(C)c3=O)nc2C)c1.Cc1ccccc1-c1cc(C)c(OCc2c(C)cccc2-n2nnn(C)c2=O)nc1C. The maximum absolute atomic E-state index is 12.4. The largest absolute Gasteiger partial charge is 0.473 e. The van der Waals surface area contributed by atoms with Gasteiger partial charge in [0.2, 0.25) is 23.5 Å². The quantitative estimate of drug-likeness (QED) is 0.0684. The van der Waals surface area contributed by atoms with Crippen molar-refractivity contribution in [1.82, 2.24) is 99.1 Å². The predicted octanol–water partition coefficient (Wildman–Crippen LogP) is 14.9. The lowest BCUT2D eigenvalue weighted by Crippen LogP contribution is -2.23. The van der Waals surface area contributed by atoms with Crippen molar-refractivity contribution < 1.29 is 18.9 Å². The molecular formula is C96H97N21O8. The van der Waals surface area contributed by atoms with Gasteiger partial charge in [-0.05, 0) is 245 Å². The van der Waals surface area contributed by atoms with E-state index in [1.807, 2.05) is 192 Å². The second-order valence-corrected chi connectivity index (χ2v) is 30.8. The van der Waals surface area contributed by atoms with Crippen LogP contribution in [0.15, 0.2) is 213 Å². The Bertz CT molecular complexity index is 7020. The minimum atomic E-state index is -0.331. The number of aromatic nitrogens is 20. The van der Waals surface area contributed by atoms with Gasteiger partial charge in [0, 0.05) is 123 Å². The number of pyridine rings is 4. The van der Waals surface area contributed by atoms with Crippen molar-refractivity contribution in [3.8, 4) is 96.8 Å².